The molecule has 3 rings (SSSR count). The first-order chi connectivity index (χ1) is 11.9. The van der Waals surface area contributed by atoms with Gasteiger partial charge in [-0.3, -0.25) is 0 Å². The van der Waals surface area contributed by atoms with Crippen molar-refractivity contribution in [1.29, 1.82) is 0 Å². The summed E-state index contributed by atoms with van der Waals surface area (Å²) in [5.41, 5.74) is 5.44. The molecule has 0 saturated heterocycles. The van der Waals surface area contributed by atoms with E-state index in [2.05, 4.69) is 6.08 Å². The molecular weight excluding hydrogens is 312 g/mol. The van der Waals surface area contributed by atoms with Crippen LogP contribution < -0.4 is 0 Å². The zero-order chi connectivity index (χ0) is 18.1. The van der Waals surface area contributed by atoms with Gasteiger partial charge in [-0.15, -0.1) is 0 Å². The average Bonchev–Trinajstić information content (AvgIpc) is 2.57. The molecule has 0 radical (unpaired) electrons. The summed E-state index contributed by atoms with van der Waals surface area (Å²) in [5.74, 6) is 0.294. The van der Waals surface area contributed by atoms with Crippen molar-refractivity contribution in [2.24, 2.45) is 0 Å². The quantitative estimate of drug-likeness (QED) is 0.790. The van der Waals surface area contributed by atoms with Gasteiger partial charge in [-0.25, -0.2) is 0 Å². The Morgan fingerprint density at radius 3 is 1.84 bits per heavy atom. The molecule has 1 aliphatic heterocycles. The molecule has 1 aliphatic rings. The van der Waals surface area contributed by atoms with Crippen molar-refractivity contribution in [1.82, 2.24) is 0 Å². The molecular formula is C22H26O3. The summed E-state index contributed by atoms with van der Waals surface area (Å²) in [6.45, 7) is 8.50. The topological polar surface area (TPSA) is 49.7 Å². The molecule has 3 nitrogen and oxygen atoms in total. The van der Waals surface area contributed by atoms with E-state index in [1.807, 2.05) is 58.0 Å². The minimum atomic E-state index is -0.256. The third-order valence-corrected chi connectivity index (χ3v) is 4.87. The number of hydrogen-bond acceptors (Lipinski definition) is 3. The van der Waals surface area contributed by atoms with Crippen LogP contribution in [0, 0.1) is 27.7 Å². The zero-order valence-corrected chi connectivity index (χ0v) is 15.3. The predicted octanol–water partition coefficient (Wildman–Crippen LogP) is 4.81. The summed E-state index contributed by atoms with van der Waals surface area (Å²) >= 11 is 0. The third kappa shape index (κ3) is 3.42. The van der Waals surface area contributed by atoms with Crippen LogP contribution in [0.3, 0.4) is 0 Å². The molecule has 0 fully saturated rings. The Kier molecular flexibility index (Phi) is 4.87. The molecule has 1 heterocycles. The van der Waals surface area contributed by atoms with E-state index < -0.39 is 0 Å². The Bertz CT molecular complexity index is 763. The largest absolute Gasteiger partial charge is 0.507 e. The number of hydrogen-bond donors (Lipinski definition) is 2. The second kappa shape index (κ2) is 6.93. The van der Waals surface area contributed by atoms with E-state index >= 15 is 0 Å². The first-order valence-corrected chi connectivity index (χ1v) is 8.77. The second-order valence-electron chi connectivity index (χ2n) is 7.07. The van der Waals surface area contributed by atoms with Crippen molar-refractivity contribution in [3.05, 3.63) is 69.8 Å². The average molecular weight is 338 g/mol. The van der Waals surface area contributed by atoms with Crippen LogP contribution >= 0.6 is 0 Å². The smallest absolute Gasteiger partial charge is 0.122 e. The van der Waals surface area contributed by atoms with Crippen LogP contribution in [-0.2, 0) is 4.74 Å². The lowest BCUT2D eigenvalue weighted by Crippen LogP contribution is -2.25. The number of aryl methyl sites for hydroxylation is 4. The van der Waals surface area contributed by atoms with Gasteiger partial charge in [0.1, 0.15) is 11.5 Å². The molecule has 0 saturated carbocycles. The molecule has 132 valence electrons. The summed E-state index contributed by atoms with van der Waals surface area (Å²) < 4.78 is 6.01. The van der Waals surface area contributed by atoms with Gasteiger partial charge in [-0.1, -0.05) is 47.5 Å². The Morgan fingerprint density at radius 1 is 0.880 bits per heavy atom. The summed E-state index contributed by atoms with van der Waals surface area (Å²) in [6, 6.07) is 7.93. The Labute approximate surface area is 149 Å². The van der Waals surface area contributed by atoms with Gasteiger partial charge < -0.3 is 14.9 Å². The van der Waals surface area contributed by atoms with Crippen LogP contribution in [0.1, 0.15) is 45.7 Å². The van der Waals surface area contributed by atoms with E-state index in [0.29, 0.717) is 6.61 Å². The summed E-state index contributed by atoms with van der Waals surface area (Å²) in [5, 5.41) is 21.5. The van der Waals surface area contributed by atoms with Gasteiger partial charge in [-0.05, 0) is 45.2 Å². The van der Waals surface area contributed by atoms with Crippen LogP contribution in [0.2, 0.25) is 0 Å². The molecule has 3 heteroatoms. The van der Waals surface area contributed by atoms with Gasteiger partial charge >= 0.3 is 0 Å². The molecule has 2 aromatic carbocycles. The molecule has 2 N–H and O–H groups in total. The number of rotatable bonds is 3. The number of benzene rings is 2. The summed E-state index contributed by atoms with van der Waals surface area (Å²) in [6.07, 6.45) is 4.83. The Balaban J connectivity index is 2.25. The molecule has 1 atom stereocenters. The standard InChI is InChI=1S/C22H26O3/c1-13-9-15(3)21(23)17(11-13)20(19-7-5-6-8-25-19)18-12-14(2)10-16(4)22(18)24/h5,7,9-12,19-20,23-24H,6,8H2,1-4H3. The molecule has 2 aromatic rings. The van der Waals surface area contributed by atoms with Crippen LogP contribution in [0.4, 0.5) is 0 Å². The third-order valence-electron chi connectivity index (χ3n) is 4.87. The maximum Gasteiger partial charge on any atom is 0.122 e. The van der Waals surface area contributed by atoms with Crippen LogP contribution in [0.25, 0.3) is 0 Å². The fraction of sp³-hybridized carbons (Fsp3) is 0.364. The van der Waals surface area contributed by atoms with Gasteiger partial charge in [0.2, 0.25) is 0 Å². The van der Waals surface area contributed by atoms with E-state index in [1.54, 1.807) is 0 Å². The molecule has 0 aromatic heterocycles. The minimum Gasteiger partial charge on any atom is -0.507 e. The number of ether oxygens (including phenoxy) is 1. The summed E-state index contributed by atoms with van der Waals surface area (Å²) in [4.78, 5) is 0. The van der Waals surface area contributed by atoms with Crippen LogP contribution in [0.5, 0.6) is 11.5 Å². The second-order valence-corrected chi connectivity index (χ2v) is 7.07. The van der Waals surface area contributed by atoms with Crippen molar-refractivity contribution in [2.45, 2.75) is 46.1 Å². The molecule has 25 heavy (non-hydrogen) atoms. The fourth-order valence-corrected chi connectivity index (χ4v) is 3.75. The predicted molar refractivity (Wildman–Crippen MR) is 101 cm³/mol. The Hall–Kier alpha value is -2.26. The highest BCUT2D eigenvalue weighted by Crippen LogP contribution is 2.43. The molecule has 0 spiro atoms. The monoisotopic (exact) mass is 338 g/mol. The lowest BCUT2D eigenvalue weighted by atomic mass is 9.82. The highest BCUT2D eigenvalue weighted by atomic mass is 16.5. The van der Waals surface area contributed by atoms with Crippen molar-refractivity contribution < 1.29 is 14.9 Å². The lowest BCUT2D eigenvalue weighted by Gasteiger charge is -2.30. The zero-order valence-electron chi connectivity index (χ0n) is 15.3. The van der Waals surface area contributed by atoms with Gasteiger partial charge in [0.05, 0.1) is 12.7 Å². The van der Waals surface area contributed by atoms with Crippen molar-refractivity contribution in [2.75, 3.05) is 6.61 Å². The van der Waals surface area contributed by atoms with E-state index in [4.69, 9.17) is 4.74 Å². The molecule has 0 amide bonds. The van der Waals surface area contributed by atoms with Gasteiger partial charge in [0, 0.05) is 17.0 Å². The van der Waals surface area contributed by atoms with E-state index in [9.17, 15) is 10.2 Å². The summed E-state index contributed by atoms with van der Waals surface area (Å²) in [7, 11) is 0. The normalized spacial score (nSPS) is 17.2. The van der Waals surface area contributed by atoms with E-state index in [-0.39, 0.29) is 23.5 Å². The van der Waals surface area contributed by atoms with Crippen molar-refractivity contribution in [3.8, 4) is 11.5 Å². The van der Waals surface area contributed by atoms with Gasteiger partial charge in [0.15, 0.2) is 0 Å². The molecule has 0 aliphatic carbocycles. The molecule has 0 bridgehead atoms. The number of phenolic OH excluding ortho intramolecular Hbond substituents is 2. The van der Waals surface area contributed by atoms with E-state index in [1.165, 1.54) is 0 Å². The highest BCUT2D eigenvalue weighted by Gasteiger charge is 2.31. The maximum atomic E-state index is 10.8. The maximum absolute atomic E-state index is 10.8. The molecule has 1 unspecified atom stereocenters. The number of phenols is 2. The minimum absolute atomic E-state index is 0.215. The Morgan fingerprint density at radius 2 is 1.40 bits per heavy atom. The van der Waals surface area contributed by atoms with Gasteiger partial charge in [-0.2, -0.15) is 0 Å². The van der Waals surface area contributed by atoms with Crippen LogP contribution in [0.15, 0.2) is 36.4 Å². The van der Waals surface area contributed by atoms with E-state index in [0.717, 1.165) is 39.8 Å². The lowest BCUT2D eigenvalue weighted by molar-refractivity contribution is 0.0682. The van der Waals surface area contributed by atoms with Crippen molar-refractivity contribution >= 4 is 0 Å². The SMILES string of the molecule is Cc1cc(C)c(O)c(C(c2cc(C)cc(C)c2O)C2C=CCCO2)c1. The first kappa shape index (κ1) is 17.6. The van der Waals surface area contributed by atoms with Crippen molar-refractivity contribution in [3.63, 3.8) is 0 Å². The first-order valence-electron chi connectivity index (χ1n) is 8.77. The van der Waals surface area contributed by atoms with Crippen LogP contribution in [-0.4, -0.2) is 22.9 Å². The van der Waals surface area contributed by atoms with Gasteiger partial charge in [0.25, 0.3) is 0 Å². The number of aromatic hydroxyl groups is 2. The highest BCUT2D eigenvalue weighted by molar-refractivity contribution is 5.54. The fourth-order valence-electron chi connectivity index (χ4n) is 3.75.